The molecule has 1 aliphatic rings. The van der Waals surface area contributed by atoms with E-state index in [9.17, 15) is 19.5 Å². The fraction of sp³-hybridized carbons (Fsp3) is 0.419. The molecular formula is C31H39N5O4S2. The highest BCUT2D eigenvalue weighted by Crippen LogP contribution is 2.31. The van der Waals surface area contributed by atoms with Crippen molar-refractivity contribution in [2.45, 2.75) is 49.7 Å². The van der Waals surface area contributed by atoms with Gasteiger partial charge >= 0.3 is 0 Å². The van der Waals surface area contributed by atoms with Crippen molar-refractivity contribution < 1.29 is 19.5 Å². The van der Waals surface area contributed by atoms with Gasteiger partial charge in [-0.2, -0.15) is 0 Å². The minimum absolute atomic E-state index is 0.0161. The minimum atomic E-state index is -0.219. The zero-order chi connectivity index (χ0) is 30.1. The Morgan fingerprint density at radius 1 is 1.02 bits per heavy atom. The molecule has 0 aliphatic carbocycles. The third-order valence-electron chi connectivity index (χ3n) is 7.58. The lowest BCUT2D eigenvalue weighted by Crippen LogP contribution is -2.50. The molecule has 1 aromatic heterocycles. The number of benzene rings is 2. The molecule has 2 heterocycles. The van der Waals surface area contributed by atoms with Crippen LogP contribution in [-0.2, 0) is 17.1 Å². The van der Waals surface area contributed by atoms with Crippen molar-refractivity contribution in [1.29, 1.82) is 0 Å². The van der Waals surface area contributed by atoms with Crippen molar-refractivity contribution >= 4 is 46.0 Å². The Morgan fingerprint density at radius 3 is 2.40 bits per heavy atom. The fourth-order valence-corrected chi connectivity index (χ4v) is 6.47. The van der Waals surface area contributed by atoms with Crippen LogP contribution in [0.25, 0.3) is 0 Å². The number of thiazole rings is 1. The number of nitrogens with one attached hydrogen (secondary N) is 2. The minimum Gasteiger partial charge on any atom is -0.395 e. The number of hydrogen-bond acceptors (Lipinski definition) is 8. The van der Waals surface area contributed by atoms with Gasteiger partial charge in [-0.15, -0.1) is 11.8 Å². The van der Waals surface area contributed by atoms with Crippen LogP contribution >= 0.6 is 23.1 Å². The summed E-state index contributed by atoms with van der Waals surface area (Å²) in [6.45, 7) is 8.71. The Hall–Kier alpha value is -3.25. The summed E-state index contributed by atoms with van der Waals surface area (Å²) in [5.41, 5.74) is 3.26. The van der Waals surface area contributed by atoms with Crippen molar-refractivity contribution in [3.63, 3.8) is 0 Å². The van der Waals surface area contributed by atoms with Gasteiger partial charge < -0.3 is 20.2 Å². The first-order valence-electron chi connectivity index (χ1n) is 14.2. The van der Waals surface area contributed by atoms with E-state index in [1.165, 1.54) is 11.3 Å². The van der Waals surface area contributed by atoms with E-state index in [2.05, 4.69) is 29.5 Å². The Balaban J connectivity index is 1.26. The molecule has 0 radical (unpaired) electrons. The number of carbonyl (C=O) groups excluding carboxylic acids is 3. The summed E-state index contributed by atoms with van der Waals surface area (Å²) in [6, 6.07) is 15.1. The van der Waals surface area contributed by atoms with Gasteiger partial charge in [-0.3, -0.25) is 19.7 Å². The quantitative estimate of drug-likeness (QED) is 0.259. The SMILES string of the molecule is CCC(C)C(CO)NCc1ccc(C(=O)Nc2ncc(SCc3cccc(C(=O)N4CCN(C(C)=O)CC4)c3)s2)cc1. The van der Waals surface area contributed by atoms with E-state index in [1.807, 2.05) is 36.4 Å². The van der Waals surface area contributed by atoms with Crippen LogP contribution in [0.1, 0.15) is 59.0 Å². The van der Waals surface area contributed by atoms with Gasteiger partial charge in [0.2, 0.25) is 5.91 Å². The maximum atomic E-state index is 13.0. The van der Waals surface area contributed by atoms with Gasteiger partial charge in [0.15, 0.2) is 5.13 Å². The van der Waals surface area contributed by atoms with Crippen molar-refractivity contribution in [1.82, 2.24) is 20.1 Å². The van der Waals surface area contributed by atoms with E-state index in [0.29, 0.717) is 60.7 Å². The Labute approximate surface area is 255 Å². The molecule has 4 rings (SSSR count). The average Bonchev–Trinajstić information content (AvgIpc) is 3.47. The molecule has 1 fully saturated rings. The molecule has 0 saturated carbocycles. The largest absolute Gasteiger partial charge is 0.395 e. The number of aliphatic hydroxyl groups excluding tert-OH is 1. The van der Waals surface area contributed by atoms with Crippen LogP contribution < -0.4 is 10.6 Å². The van der Waals surface area contributed by atoms with E-state index in [0.717, 1.165) is 21.8 Å². The van der Waals surface area contributed by atoms with Crippen LogP contribution in [0.4, 0.5) is 5.13 Å². The van der Waals surface area contributed by atoms with Crippen LogP contribution in [0.3, 0.4) is 0 Å². The first kappa shape index (κ1) is 31.7. The van der Waals surface area contributed by atoms with Crippen LogP contribution in [0, 0.1) is 5.92 Å². The summed E-state index contributed by atoms with van der Waals surface area (Å²) in [7, 11) is 0. The summed E-state index contributed by atoms with van der Waals surface area (Å²) in [5, 5.41) is 16.4. The first-order chi connectivity index (χ1) is 20.3. The number of nitrogens with zero attached hydrogens (tertiary/aromatic N) is 3. The summed E-state index contributed by atoms with van der Waals surface area (Å²) < 4.78 is 0.962. The predicted molar refractivity (Wildman–Crippen MR) is 168 cm³/mol. The number of rotatable bonds is 12. The van der Waals surface area contributed by atoms with Crippen LogP contribution in [0.2, 0.25) is 0 Å². The second kappa shape index (κ2) is 15.3. The third kappa shape index (κ3) is 8.64. The molecule has 3 amide bonds. The van der Waals surface area contributed by atoms with Gasteiger partial charge in [0.1, 0.15) is 0 Å². The van der Waals surface area contributed by atoms with Gasteiger partial charge in [0.25, 0.3) is 11.8 Å². The van der Waals surface area contributed by atoms with E-state index < -0.39 is 0 Å². The van der Waals surface area contributed by atoms with E-state index in [-0.39, 0.29) is 30.4 Å². The molecule has 42 heavy (non-hydrogen) atoms. The summed E-state index contributed by atoms with van der Waals surface area (Å²) in [4.78, 5) is 45.3. The van der Waals surface area contributed by atoms with Crippen molar-refractivity contribution in [2.24, 2.45) is 5.92 Å². The van der Waals surface area contributed by atoms with E-state index in [1.54, 1.807) is 46.8 Å². The molecule has 11 heteroatoms. The lowest BCUT2D eigenvalue weighted by atomic mass is 9.99. The molecule has 0 bridgehead atoms. The number of aliphatic hydroxyl groups is 1. The molecular weight excluding hydrogens is 571 g/mol. The normalized spacial score (nSPS) is 14.9. The number of thioether (sulfide) groups is 1. The van der Waals surface area contributed by atoms with Crippen molar-refractivity contribution in [3.05, 3.63) is 77.0 Å². The fourth-order valence-electron chi connectivity index (χ4n) is 4.66. The topological polar surface area (TPSA) is 115 Å². The number of aromatic nitrogens is 1. The summed E-state index contributed by atoms with van der Waals surface area (Å²) >= 11 is 3.01. The molecule has 2 aromatic carbocycles. The van der Waals surface area contributed by atoms with Gasteiger partial charge in [-0.05, 0) is 41.3 Å². The number of amides is 3. The third-order valence-corrected chi connectivity index (χ3v) is 9.76. The molecule has 3 N–H and O–H groups in total. The Bertz CT molecular complexity index is 1360. The monoisotopic (exact) mass is 609 g/mol. The highest BCUT2D eigenvalue weighted by molar-refractivity contribution is 8.00. The van der Waals surface area contributed by atoms with Gasteiger partial charge in [0.05, 0.1) is 17.0 Å². The van der Waals surface area contributed by atoms with E-state index >= 15 is 0 Å². The lowest BCUT2D eigenvalue weighted by molar-refractivity contribution is -0.130. The standard InChI is InChI=1S/C31H39N5O4S2/c1-4-21(2)27(19-37)32-17-23-8-10-25(11-9-23)29(39)34-31-33-18-28(42-31)41-20-24-6-5-7-26(16-24)30(40)36-14-12-35(13-15-36)22(3)38/h5-11,16,18,21,27,32,37H,4,12-15,17,19-20H2,1-3H3,(H,33,34,39). The van der Waals surface area contributed by atoms with Crippen LogP contribution in [-0.4, -0.2) is 76.4 Å². The van der Waals surface area contributed by atoms with Crippen LogP contribution in [0.5, 0.6) is 0 Å². The van der Waals surface area contributed by atoms with Gasteiger partial charge in [0, 0.05) is 62.6 Å². The lowest BCUT2D eigenvalue weighted by Gasteiger charge is -2.34. The molecule has 3 aromatic rings. The molecule has 0 spiro atoms. The molecule has 2 unspecified atom stereocenters. The number of piperazine rings is 1. The molecule has 9 nitrogen and oxygen atoms in total. The van der Waals surface area contributed by atoms with Crippen molar-refractivity contribution in [3.8, 4) is 0 Å². The average molecular weight is 610 g/mol. The highest BCUT2D eigenvalue weighted by atomic mass is 32.2. The van der Waals surface area contributed by atoms with E-state index in [4.69, 9.17) is 0 Å². The zero-order valence-corrected chi connectivity index (χ0v) is 26.0. The van der Waals surface area contributed by atoms with Crippen molar-refractivity contribution in [2.75, 3.05) is 38.1 Å². The number of carbonyl (C=O) groups is 3. The van der Waals surface area contributed by atoms with Crippen LogP contribution in [0.15, 0.2) is 58.9 Å². The second-order valence-electron chi connectivity index (χ2n) is 10.5. The summed E-state index contributed by atoms with van der Waals surface area (Å²) in [5.74, 6) is 0.849. The smallest absolute Gasteiger partial charge is 0.257 e. The number of hydrogen-bond donors (Lipinski definition) is 3. The highest BCUT2D eigenvalue weighted by Gasteiger charge is 2.23. The Kier molecular flexibility index (Phi) is 11.5. The summed E-state index contributed by atoms with van der Waals surface area (Å²) in [6.07, 6.45) is 2.74. The second-order valence-corrected chi connectivity index (χ2v) is 12.8. The first-order valence-corrected chi connectivity index (χ1v) is 16.0. The predicted octanol–water partition coefficient (Wildman–Crippen LogP) is 4.49. The Morgan fingerprint density at radius 2 is 1.74 bits per heavy atom. The number of anilines is 1. The maximum Gasteiger partial charge on any atom is 0.257 e. The van der Waals surface area contributed by atoms with Gasteiger partial charge in [-0.1, -0.05) is 55.9 Å². The molecule has 2 atom stereocenters. The maximum absolute atomic E-state index is 13.0. The molecule has 1 saturated heterocycles. The zero-order valence-electron chi connectivity index (χ0n) is 24.3. The van der Waals surface area contributed by atoms with Gasteiger partial charge in [-0.25, -0.2) is 4.98 Å². The molecule has 224 valence electrons. The molecule has 1 aliphatic heterocycles.